The zero-order valence-corrected chi connectivity index (χ0v) is 52.1. The molecule has 1 aliphatic carbocycles. The van der Waals surface area contributed by atoms with Gasteiger partial charge in [-0.15, -0.1) is 0 Å². The topological polar surface area (TPSA) is 272 Å². The number of anilines is 2. The molecular weight excluding hydrogens is 1160 g/mol. The molecule has 1 aromatic carbocycles. The molecule has 14 rings (SSSR count). The molecule has 11 aromatic rings. The van der Waals surface area contributed by atoms with Crippen LogP contribution in [0.15, 0.2) is 135 Å². The highest BCUT2D eigenvalue weighted by atomic mass is 19.1. The van der Waals surface area contributed by atoms with E-state index in [-0.39, 0.29) is 47.2 Å². The maximum Gasteiger partial charge on any atom is 0.185 e. The Morgan fingerprint density at radius 2 is 1.43 bits per heavy atom. The first kappa shape index (κ1) is 62.2. The molecule has 0 amide bonds. The number of H-pyrrole nitrogens is 1. The van der Waals surface area contributed by atoms with Gasteiger partial charge in [-0.3, -0.25) is 34.8 Å². The van der Waals surface area contributed by atoms with Gasteiger partial charge in [0.1, 0.15) is 40.2 Å². The number of ether oxygens (including phenoxy) is 1. The van der Waals surface area contributed by atoms with Gasteiger partial charge in [-0.1, -0.05) is 25.1 Å². The van der Waals surface area contributed by atoms with E-state index in [1.807, 2.05) is 61.0 Å². The highest BCUT2D eigenvalue weighted by Gasteiger charge is 2.29. The van der Waals surface area contributed by atoms with Crippen LogP contribution in [0.5, 0.6) is 5.75 Å². The van der Waals surface area contributed by atoms with Crippen LogP contribution in [0, 0.1) is 38.3 Å². The number of nitrogens with one attached hydrogen (secondary N) is 2. The summed E-state index contributed by atoms with van der Waals surface area (Å²) in [5, 5.41) is 17.5. The molecule has 0 unspecified atom stereocenters. The minimum absolute atomic E-state index is 0.124. The van der Waals surface area contributed by atoms with Gasteiger partial charge in [0.05, 0.1) is 82.7 Å². The van der Waals surface area contributed by atoms with Gasteiger partial charge in [0.25, 0.3) is 0 Å². The summed E-state index contributed by atoms with van der Waals surface area (Å²) < 4.78 is 36.1. The molecular formula is C69H73F2N19O2. The predicted molar refractivity (Wildman–Crippen MR) is 351 cm³/mol. The minimum Gasteiger partial charge on any atom is -0.493 e. The van der Waals surface area contributed by atoms with Crippen LogP contribution in [0.4, 0.5) is 20.4 Å². The number of nitrogens with zero attached hydrogens (tertiary/aromatic N) is 15. The van der Waals surface area contributed by atoms with Gasteiger partial charge >= 0.3 is 0 Å². The molecule has 6 N–H and O–H groups in total. The first-order valence-corrected chi connectivity index (χ1v) is 31.1. The predicted octanol–water partition coefficient (Wildman–Crippen LogP) is 10.5. The Balaban J connectivity index is 0.000000133. The average molecular weight is 1240 g/mol. The number of fused-ring (bicyclic) bond motifs is 2. The SMILES string of the molecule is COc1ccc(-n2ncc3cnc(-c4cncc(C)n4)cc32)nc1N1CCC[C@H](N)C1.Cc1ccc(C(=O)Cc2cnccc2[C@@H]2C[C@H](C)C[C@H](N)C2)nc1-c1c(F)cccc1F.Cc1cncc(-c2cc3c(-c4cccc(N5CCCNCC5)n4)n[nH]c3cn2)n1. The zero-order chi connectivity index (χ0) is 63.8. The van der Waals surface area contributed by atoms with Gasteiger partial charge in [0, 0.05) is 93.0 Å². The fraction of sp³-hybridized carbons (Fsp3) is 0.319. The Labute approximate surface area is 531 Å². The molecule has 10 aromatic heterocycles. The van der Waals surface area contributed by atoms with Crippen molar-refractivity contribution in [3.05, 3.63) is 180 Å². The second kappa shape index (κ2) is 28.0. The maximum atomic E-state index is 14.3. The lowest BCUT2D eigenvalue weighted by molar-refractivity contribution is 0.0987. The summed E-state index contributed by atoms with van der Waals surface area (Å²) in [6.07, 6.45) is 22.0. The monoisotopic (exact) mass is 1240 g/mol. The Bertz CT molecular complexity index is 4390. The van der Waals surface area contributed by atoms with E-state index in [1.165, 1.54) is 18.2 Å². The Hall–Kier alpha value is -9.97. The summed E-state index contributed by atoms with van der Waals surface area (Å²) in [6, 6.07) is 23.1. The second-order valence-electron chi connectivity index (χ2n) is 23.9. The summed E-state index contributed by atoms with van der Waals surface area (Å²) in [5.74, 6) is 2.39. The summed E-state index contributed by atoms with van der Waals surface area (Å²) in [4.78, 5) is 62.6. The second-order valence-corrected chi connectivity index (χ2v) is 23.9. The number of carbonyl (C=O) groups excluding carboxylic acids is 1. The molecule has 0 bridgehead atoms. The Kier molecular flexibility index (Phi) is 19.0. The molecule has 470 valence electrons. The number of nitrogens with two attached hydrogens (primary N) is 2. The number of aryl methyl sites for hydroxylation is 3. The standard InChI is InChI=1S/C26H27F2N3O.C22H24N8O.C21H22N8/c1-15-10-17(12-19(29)11-15)20-8-9-30-14-18(20)13-24(32)23-7-6-16(2)26(31-23)25-21(27)4-3-5-22(25)28;1-14-9-24-12-18(27-14)17-8-19-15(10-25-17)11-26-30(19)21-6-5-20(31-2)22(28-21)29-7-3-4-16(23)13-29;1-14-11-23-12-19(25-14)17-10-15-18(13-24-17)27-28-21(15)16-4-2-5-20(26-16)29-8-3-6-22-7-9-29/h3-9,14-15,17,19H,10-13,29H2,1-2H3;5-6,8-12,16H,3-4,7,13,23H2,1-2H3;2,4-5,10-13,22H,3,6-9H2,1H3,(H,27,28)/t15-,17+,19-;16-;/m00./s1. The largest absolute Gasteiger partial charge is 0.493 e. The Morgan fingerprint density at radius 1 is 0.674 bits per heavy atom. The number of rotatable bonds is 12. The normalized spacial score (nSPS) is 17.5. The number of piperidine rings is 1. The van der Waals surface area contributed by atoms with E-state index in [2.05, 4.69) is 83.3 Å². The van der Waals surface area contributed by atoms with E-state index in [9.17, 15) is 13.6 Å². The first-order chi connectivity index (χ1) is 44.7. The number of halogens is 2. The third-order valence-corrected chi connectivity index (χ3v) is 16.9. The number of hydrogen-bond donors (Lipinski definition) is 4. The van der Waals surface area contributed by atoms with Crippen molar-refractivity contribution in [2.24, 2.45) is 17.4 Å². The molecule has 3 fully saturated rings. The lowest BCUT2D eigenvalue weighted by Crippen LogP contribution is -2.43. The van der Waals surface area contributed by atoms with Crippen molar-refractivity contribution in [1.82, 2.24) is 75.1 Å². The molecule has 2 aliphatic heterocycles. The van der Waals surface area contributed by atoms with Crippen LogP contribution in [0.2, 0.25) is 0 Å². The van der Waals surface area contributed by atoms with E-state index < -0.39 is 11.6 Å². The van der Waals surface area contributed by atoms with E-state index in [1.54, 1.807) is 81.9 Å². The zero-order valence-electron chi connectivity index (χ0n) is 52.1. The summed E-state index contributed by atoms with van der Waals surface area (Å²) in [5.41, 5.74) is 23.2. The molecule has 0 spiro atoms. The van der Waals surface area contributed by atoms with Gasteiger partial charge in [-0.05, 0) is 155 Å². The smallest absolute Gasteiger partial charge is 0.185 e. The van der Waals surface area contributed by atoms with Crippen molar-refractivity contribution in [3.8, 4) is 57.0 Å². The van der Waals surface area contributed by atoms with Crippen LogP contribution in [0.3, 0.4) is 0 Å². The van der Waals surface area contributed by atoms with Crippen molar-refractivity contribution in [1.29, 1.82) is 0 Å². The number of hydrogen-bond acceptors (Lipinski definition) is 19. The number of Topliss-reactive ketones (excluding diaryl/α,β-unsaturated/α-hetero) is 1. The minimum atomic E-state index is -0.706. The number of benzene rings is 1. The van der Waals surface area contributed by atoms with Crippen molar-refractivity contribution >= 4 is 39.2 Å². The molecule has 3 aliphatic rings. The number of ketones is 1. The van der Waals surface area contributed by atoms with Gasteiger partial charge < -0.3 is 31.3 Å². The maximum absolute atomic E-state index is 14.3. The van der Waals surface area contributed by atoms with E-state index in [4.69, 9.17) is 26.2 Å². The third kappa shape index (κ3) is 14.1. The lowest BCUT2D eigenvalue weighted by atomic mass is 9.75. The van der Waals surface area contributed by atoms with Crippen molar-refractivity contribution in [2.75, 3.05) is 56.2 Å². The van der Waals surface area contributed by atoms with Gasteiger partial charge in [-0.2, -0.15) is 10.2 Å². The quantitative estimate of drug-likeness (QED) is 0.0828. The van der Waals surface area contributed by atoms with Crippen LogP contribution >= 0.6 is 0 Å². The molecule has 92 heavy (non-hydrogen) atoms. The molecule has 23 heteroatoms. The number of methoxy groups -OCH3 is 1. The molecule has 21 nitrogen and oxygen atoms in total. The van der Waals surface area contributed by atoms with Crippen molar-refractivity contribution < 1.29 is 18.3 Å². The summed E-state index contributed by atoms with van der Waals surface area (Å²) >= 11 is 0. The summed E-state index contributed by atoms with van der Waals surface area (Å²) in [7, 11) is 1.66. The van der Waals surface area contributed by atoms with Crippen LogP contribution in [0.1, 0.15) is 89.9 Å². The van der Waals surface area contributed by atoms with Crippen LogP contribution in [0.25, 0.3) is 73.0 Å². The van der Waals surface area contributed by atoms with Gasteiger partial charge in [-0.25, -0.2) is 38.4 Å². The van der Waals surface area contributed by atoms with E-state index >= 15 is 0 Å². The van der Waals surface area contributed by atoms with Gasteiger partial charge in [0.2, 0.25) is 0 Å². The number of pyridine rings is 6. The van der Waals surface area contributed by atoms with E-state index in [0.717, 1.165) is 174 Å². The molecule has 1 saturated carbocycles. The lowest BCUT2D eigenvalue weighted by Gasteiger charge is -2.32. The number of aromatic amines is 1. The molecule has 0 radical (unpaired) electrons. The van der Waals surface area contributed by atoms with Crippen LogP contribution < -0.4 is 31.3 Å². The van der Waals surface area contributed by atoms with Crippen LogP contribution in [-0.2, 0) is 6.42 Å². The van der Waals surface area contributed by atoms with Gasteiger partial charge in [0.15, 0.2) is 23.2 Å². The molecule has 2 saturated heterocycles. The fourth-order valence-corrected chi connectivity index (χ4v) is 12.4. The highest BCUT2D eigenvalue weighted by Crippen LogP contribution is 2.38. The highest BCUT2D eigenvalue weighted by molar-refractivity contribution is 5.97. The summed E-state index contributed by atoms with van der Waals surface area (Å²) in [6.45, 7) is 13.4. The number of carbonyl (C=O) groups is 1. The molecule has 12 heterocycles. The molecule has 4 atom stereocenters. The average Bonchev–Trinajstić information content (AvgIpc) is 1.70. The third-order valence-electron chi connectivity index (χ3n) is 16.9. The van der Waals surface area contributed by atoms with Crippen LogP contribution in [-0.4, -0.2) is 134 Å². The van der Waals surface area contributed by atoms with Crippen molar-refractivity contribution in [2.45, 2.75) is 90.6 Å². The van der Waals surface area contributed by atoms with E-state index in [0.29, 0.717) is 17.3 Å². The number of aromatic nitrogens is 14. The van der Waals surface area contributed by atoms with Crippen molar-refractivity contribution in [3.63, 3.8) is 0 Å². The fourth-order valence-electron chi connectivity index (χ4n) is 12.4. The first-order valence-electron chi connectivity index (χ1n) is 31.1. The Morgan fingerprint density at radius 3 is 2.20 bits per heavy atom.